The summed E-state index contributed by atoms with van der Waals surface area (Å²) in [7, 11) is 1.63. The summed E-state index contributed by atoms with van der Waals surface area (Å²) in [5.74, 6) is 0.988. The molecule has 3 rings (SSSR count). The van der Waals surface area contributed by atoms with E-state index in [4.69, 9.17) is 15.2 Å². The number of hydrogen-bond donors (Lipinski definition) is 1. The Morgan fingerprint density at radius 2 is 1.76 bits per heavy atom. The van der Waals surface area contributed by atoms with Gasteiger partial charge in [-0.15, -0.1) is 12.4 Å². The van der Waals surface area contributed by atoms with Gasteiger partial charge in [0.05, 0.1) is 12.0 Å². The van der Waals surface area contributed by atoms with Crippen LogP contribution in [0.5, 0.6) is 5.75 Å². The van der Waals surface area contributed by atoms with Gasteiger partial charge in [-0.25, -0.2) is 0 Å². The van der Waals surface area contributed by atoms with E-state index < -0.39 is 0 Å². The van der Waals surface area contributed by atoms with Gasteiger partial charge in [-0.1, -0.05) is 44.2 Å². The normalized spacial score (nSPS) is 10.9. The van der Waals surface area contributed by atoms with Gasteiger partial charge in [0.15, 0.2) is 0 Å². The van der Waals surface area contributed by atoms with Gasteiger partial charge in [0, 0.05) is 31.5 Å². The van der Waals surface area contributed by atoms with Crippen LogP contribution in [0, 0.1) is 5.92 Å². The molecule has 156 valence electrons. The predicted molar refractivity (Wildman–Crippen MR) is 121 cm³/mol. The first-order valence-electron chi connectivity index (χ1n) is 9.63. The van der Waals surface area contributed by atoms with Crippen LogP contribution >= 0.6 is 12.4 Å². The van der Waals surface area contributed by atoms with Crippen molar-refractivity contribution in [1.82, 2.24) is 4.57 Å². The van der Waals surface area contributed by atoms with E-state index in [2.05, 4.69) is 26.0 Å². The summed E-state index contributed by atoms with van der Waals surface area (Å²) in [6.45, 7) is 6.06. The lowest BCUT2D eigenvalue weighted by Gasteiger charge is -2.21. The molecule has 5 nitrogen and oxygen atoms in total. The molecular weight excluding hydrogens is 388 g/mol. The Morgan fingerprint density at radius 3 is 2.38 bits per heavy atom. The Labute approximate surface area is 177 Å². The number of ether oxygens (including phenoxy) is 2. The second kappa shape index (κ2) is 10.4. The molecule has 1 aromatic heterocycles. The molecule has 0 atom stereocenters. The molecule has 1 heterocycles. The van der Waals surface area contributed by atoms with Crippen LogP contribution in [0.2, 0.25) is 0 Å². The summed E-state index contributed by atoms with van der Waals surface area (Å²) < 4.78 is 12.6. The minimum atomic E-state index is -0.0268. The maximum atomic E-state index is 13.3. The van der Waals surface area contributed by atoms with Crippen LogP contribution in [0.25, 0.3) is 21.9 Å². The van der Waals surface area contributed by atoms with Gasteiger partial charge in [-0.3, -0.25) is 4.79 Å². The second-order valence-electron chi connectivity index (χ2n) is 7.25. The number of rotatable bonds is 8. The van der Waals surface area contributed by atoms with E-state index in [1.54, 1.807) is 7.11 Å². The van der Waals surface area contributed by atoms with Gasteiger partial charge in [-0.2, -0.15) is 0 Å². The fraction of sp³-hybridized carbons (Fsp3) is 0.348. The molecular formula is C23H29ClN2O3. The average Bonchev–Trinajstić information content (AvgIpc) is 2.70. The number of fused-ring (bicyclic) bond motifs is 1. The number of halogens is 1. The Bertz CT molecular complexity index is 1000. The molecule has 0 bridgehead atoms. The van der Waals surface area contributed by atoms with E-state index in [0.717, 1.165) is 22.2 Å². The molecule has 2 aromatic carbocycles. The maximum absolute atomic E-state index is 13.3. The topological polar surface area (TPSA) is 66.5 Å². The SMILES string of the molecule is COCCOc1ccc2c(-c3ccccc3)c(CN)n(CC(C)C)c(=O)c2c1.Cl. The molecule has 0 fully saturated rings. The summed E-state index contributed by atoms with van der Waals surface area (Å²) in [5.41, 5.74) is 9.05. The third-order valence-corrected chi connectivity index (χ3v) is 4.71. The zero-order valence-corrected chi connectivity index (χ0v) is 18.0. The summed E-state index contributed by atoms with van der Waals surface area (Å²) in [4.78, 5) is 13.3. The van der Waals surface area contributed by atoms with Gasteiger partial charge in [-0.05, 0) is 35.1 Å². The summed E-state index contributed by atoms with van der Waals surface area (Å²) in [6, 6.07) is 15.8. The standard InChI is InChI=1S/C23H28N2O3.ClH/c1-16(2)15-25-21(14-24)22(17-7-5-4-6-8-17)19-10-9-18(28-12-11-27-3)13-20(19)23(25)26;/h4-10,13,16H,11-12,14-15,24H2,1-3H3;1H. The zero-order valence-electron chi connectivity index (χ0n) is 17.2. The summed E-state index contributed by atoms with van der Waals surface area (Å²) in [5, 5.41) is 1.54. The maximum Gasteiger partial charge on any atom is 0.258 e. The largest absolute Gasteiger partial charge is 0.491 e. The van der Waals surface area contributed by atoms with Crippen LogP contribution in [0.1, 0.15) is 19.5 Å². The number of nitrogens with two attached hydrogens (primary N) is 1. The molecule has 0 aliphatic rings. The number of methoxy groups -OCH3 is 1. The highest BCUT2D eigenvalue weighted by atomic mass is 35.5. The minimum Gasteiger partial charge on any atom is -0.491 e. The fourth-order valence-corrected chi connectivity index (χ4v) is 3.51. The third kappa shape index (κ3) is 4.99. The van der Waals surface area contributed by atoms with E-state index in [1.807, 2.05) is 41.0 Å². The van der Waals surface area contributed by atoms with Gasteiger partial charge < -0.3 is 19.8 Å². The Balaban J connectivity index is 0.00000300. The van der Waals surface area contributed by atoms with E-state index >= 15 is 0 Å². The van der Waals surface area contributed by atoms with Crippen molar-refractivity contribution in [2.45, 2.75) is 26.9 Å². The highest BCUT2D eigenvalue weighted by molar-refractivity contribution is 5.98. The van der Waals surface area contributed by atoms with E-state index in [-0.39, 0.29) is 18.0 Å². The van der Waals surface area contributed by atoms with Gasteiger partial charge in [0.1, 0.15) is 12.4 Å². The minimum absolute atomic E-state index is 0. The molecule has 6 heteroatoms. The highest BCUT2D eigenvalue weighted by Gasteiger charge is 2.18. The van der Waals surface area contributed by atoms with Crippen LogP contribution in [0.4, 0.5) is 0 Å². The molecule has 0 aliphatic carbocycles. The van der Waals surface area contributed by atoms with Crippen molar-refractivity contribution < 1.29 is 9.47 Å². The lowest BCUT2D eigenvalue weighted by Crippen LogP contribution is -2.28. The van der Waals surface area contributed by atoms with Crippen LogP contribution in [0.3, 0.4) is 0 Å². The second-order valence-corrected chi connectivity index (χ2v) is 7.25. The van der Waals surface area contributed by atoms with Crippen LogP contribution in [-0.4, -0.2) is 24.9 Å². The first-order valence-corrected chi connectivity index (χ1v) is 9.63. The number of nitrogens with zero attached hydrogens (tertiary/aromatic N) is 1. The number of pyridine rings is 1. The van der Waals surface area contributed by atoms with Crippen LogP contribution in [-0.2, 0) is 17.8 Å². The Kier molecular flexibility index (Phi) is 8.26. The van der Waals surface area contributed by atoms with Crippen molar-refractivity contribution in [1.29, 1.82) is 0 Å². The smallest absolute Gasteiger partial charge is 0.258 e. The highest BCUT2D eigenvalue weighted by Crippen LogP contribution is 2.32. The molecule has 0 radical (unpaired) electrons. The van der Waals surface area contributed by atoms with Crippen molar-refractivity contribution >= 4 is 23.2 Å². The van der Waals surface area contributed by atoms with Crippen molar-refractivity contribution in [2.24, 2.45) is 11.7 Å². The zero-order chi connectivity index (χ0) is 20.1. The number of aromatic nitrogens is 1. The lowest BCUT2D eigenvalue weighted by atomic mass is 9.96. The van der Waals surface area contributed by atoms with E-state index in [1.165, 1.54) is 0 Å². The molecule has 0 saturated carbocycles. The first kappa shape index (κ1) is 22.9. The monoisotopic (exact) mass is 416 g/mol. The van der Waals surface area contributed by atoms with E-state index in [9.17, 15) is 4.79 Å². The predicted octanol–water partition coefficient (Wildman–Crippen LogP) is 4.23. The fourth-order valence-electron chi connectivity index (χ4n) is 3.51. The van der Waals surface area contributed by atoms with Crippen molar-refractivity contribution in [2.75, 3.05) is 20.3 Å². The van der Waals surface area contributed by atoms with Gasteiger partial charge in [0.25, 0.3) is 5.56 Å². The van der Waals surface area contributed by atoms with Crippen LogP contribution in [0.15, 0.2) is 53.3 Å². The molecule has 0 saturated heterocycles. The molecule has 0 spiro atoms. The van der Waals surface area contributed by atoms with Gasteiger partial charge >= 0.3 is 0 Å². The quantitative estimate of drug-likeness (QED) is 0.558. The molecule has 3 aromatic rings. The summed E-state index contributed by atoms with van der Waals surface area (Å²) in [6.07, 6.45) is 0. The number of hydrogen-bond acceptors (Lipinski definition) is 4. The van der Waals surface area contributed by atoms with Crippen LogP contribution < -0.4 is 16.0 Å². The van der Waals surface area contributed by atoms with Gasteiger partial charge in [0.2, 0.25) is 0 Å². The van der Waals surface area contributed by atoms with Crippen molar-refractivity contribution in [3.05, 3.63) is 64.6 Å². The van der Waals surface area contributed by atoms with Crippen molar-refractivity contribution in [3.8, 4) is 16.9 Å². The molecule has 29 heavy (non-hydrogen) atoms. The first-order chi connectivity index (χ1) is 13.6. The number of benzene rings is 2. The average molecular weight is 417 g/mol. The molecule has 0 aliphatic heterocycles. The lowest BCUT2D eigenvalue weighted by molar-refractivity contribution is 0.146. The summed E-state index contributed by atoms with van der Waals surface area (Å²) >= 11 is 0. The Hall–Kier alpha value is -2.34. The molecule has 0 amide bonds. The Morgan fingerprint density at radius 1 is 1.03 bits per heavy atom. The van der Waals surface area contributed by atoms with Crippen molar-refractivity contribution in [3.63, 3.8) is 0 Å². The molecule has 2 N–H and O–H groups in total. The molecule has 0 unspecified atom stereocenters. The van der Waals surface area contributed by atoms with E-state index in [0.29, 0.717) is 43.4 Å². The third-order valence-electron chi connectivity index (χ3n) is 4.71.